The first-order valence-corrected chi connectivity index (χ1v) is 7.54. The van der Waals surface area contributed by atoms with E-state index in [1.165, 1.54) is 11.6 Å². The van der Waals surface area contributed by atoms with Gasteiger partial charge >= 0.3 is 0 Å². The molecule has 6 heteroatoms. The van der Waals surface area contributed by atoms with Crippen molar-refractivity contribution >= 4 is 35.6 Å². The first-order valence-electron chi connectivity index (χ1n) is 7.54. The van der Waals surface area contributed by atoms with Crippen LogP contribution in [0.5, 0.6) is 0 Å². The second-order valence-corrected chi connectivity index (χ2v) is 5.69. The van der Waals surface area contributed by atoms with Crippen LogP contribution in [0.3, 0.4) is 0 Å². The second kappa shape index (κ2) is 9.58. The van der Waals surface area contributed by atoms with Crippen LogP contribution in [0, 0.1) is 5.82 Å². The van der Waals surface area contributed by atoms with Crippen molar-refractivity contribution in [1.82, 2.24) is 0 Å². The lowest BCUT2D eigenvalue weighted by Crippen LogP contribution is -2.22. The van der Waals surface area contributed by atoms with Gasteiger partial charge in [0.15, 0.2) is 5.96 Å². The highest BCUT2D eigenvalue weighted by Gasteiger charge is 2.03. The summed E-state index contributed by atoms with van der Waals surface area (Å²) in [6, 6.07) is 12.5. The molecule has 130 valence electrons. The van der Waals surface area contributed by atoms with E-state index < -0.39 is 5.82 Å². The maximum Gasteiger partial charge on any atom is 0.193 e. The number of nitrogens with two attached hydrogens (primary N) is 1. The first-order chi connectivity index (χ1) is 11.0. The fraction of sp³-hybridized carbons (Fsp3) is 0.278. The van der Waals surface area contributed by atoms with Gasteiger partial charge in [-0.15, -0.1) is 24.0 Å². The minimum atomic E-state index is -0.420. The summed E-state index contributed by atoms with van der Waals surface area (Å²) in [6.45, 7) is 4.24. The monoisotopic (exact) mass is 443 g/mol. The van der Waals surface area contributed by atoms with Gasteiger partial charge in [-0.3, -0.25) is 0 Å². The summed E-state index contributed by atoms with van der Waals surface area (Å²) in [5.74, 6) is 0.309. The second-order valence-electron chi connectivity index (χ2n) is 5.69. The van der Waals surface area contributed by atoms with Gasteiger partial charge in [0, 0.05) is 11.3 Å². The molecule has 4 N–H and O–H groups in total. The van der Waals surface area contributed by atoms with E-state index in [9.17, 15) is 4.39 Å². The zero-order valence-corrected chi connectivity index (χ0v) is 16.1. The van der Waals surface area contributed by atoms with Crippen LogP contribution in [0.15, 0.2) is 47.5 Å². The lowest BCUT2D eigenvalue weighted by Gasteiger charge is -2.10. The molecule has 24 heavy (non-hydrogen) atoms. The Bertz CT molecular complexity index is 704. The highest BCUT2D eigenvalue weighted by Crippen LogP contribution is 2.18. The standard InChI is InChI=1S/C18H22FN3O.HI/c1-12(2)14-4-3-5-16(9-14)22-18(20)21-10-13-6-7-17(19)15(8-13)11-23;/h3-9,12,23H,10-11H2,1-2H3,(H3,20,21,22);1H. The molecular formula is C18H23FIN3O. The van der Waals surface area contributed by atoms with Gasteiger partial charge < -0.3 is 16.2 Å². The molecule has 0 amide bonds. The maximum atomic E-state index is 13.3. The number of halogens is 2. The molecular weight excluding hydrogens is 420 g/mol. The summed E-state index contributed by atoms with van der Waals surface area (Å²) in [6.07, 6.45) is 0. The van der Waals surface area contributed by atoms with Crippen molar-refractivity contribution in [3.8, 4) is 0 Å². The number of guanidine groups is 1. The molecule has 0 saturated heterocycles. The molecule has 4 nitrogen and oxygen atoms in total. The van der Waals surface area contributed by atoms with E-state index in [0.29, 0.717) is 18.4 Å². The van der Waals surface area contributed by atoms with Crippen LogP contribution >= 0.6 is 24.0 Å². The molecule has 0 aliphatic heterocycles. The van der Waals surface area contributed by atoms with Gasteiger partial charge in [0.05, 0.1) is 13.2 Å². The largest absolute Gasteiger partial charge is 0.392 e. The van der Waals surface area contributed by atoms with Gasteiger partial charge in [-0.1, -0.05) is 32.0 Å². The molecule has 0 aliphatic carbocycles. The van der Waals surface area contributed by atoms with Crippen LogP contribution in [0.1, 0.15) is 36.5 Å². The van der Waals surface area contributed by atoms with Gasteiger partial charge in [-0.05, 0) is 41.3 Å². The van der Waals surface area contributed by atoms with Crippen molar-refractivity contribution in [2.45, 2.75) is 32.9 Å². The van der Waals surface area contributed by atoms with Crippen LogP contribution in [-0.4, -0.2) is 11.1 Å². The van der Waals surface area contributed by atoms with Crippen molar-refractivity contribution < 1.29 is 9.50 Å². The predicted octanol–water partition coefficient (Wildman–Crippen LogP) is 3.99. The molecule has 0 spiro atoms. The number of benzene rings is 2. The van der Waals surface area contributed by atoms with E-state index in [4.69, 9.17) is 10.8 Å². The number of hydrogen-bond acceptors (Lipinski definition) is 2. The highest BCUT2D eigenvalue weighted by molar-refractivity contribution is 14.0. The van der Waals surface area contributed by atoms with E-state index in [-0.39, 0.29) is 36.1 Å². The van der Waals surface area contributed by atoms with Gasteiger partial charge in [0.2, 0.25) is 0 Å². The lowest BCUT2D eigenvalue weighted by atomic mass is 10.0. The molecule has 0 aliphatic rings. The summed E-state index contributed by atoms with van der Waals surface area (Å²) < 4.78 is 13.3. The predicted molar refractivity (Wildman–Crippen MR) is 107 cm³/mol. The van der Waals surface area contributed by atoms with E-state index in [1.54, 1.807) is 12.1 Å². The molecule has 0 saturated carbocycles. The first kappa shape index (κ1) is 20.4. The molecule has 0 fully saturated rings. The minimum Gasteiger partial charge on any atom is -0.392 e. The van der Waals surface area contributed by atoms with Crippen LogP contribution in [-0.2, 0) is 13.2 Å². The minimum absolute atomic E-state index is 0. The maximum absolute atomic E-state index is 13.3. The average molecular weight is 443 g/mol. The number of rotatable bonds is 5. The van der Waals surface area contributed by atoms with Gasteiger partial charge in [0.1, 0.15) is 5.82 Å². The van der Waals surface area contributed by atoms with Crippen molar-refractivity contribution in [2.75, 3.05) is 5.32 Å². The third kappa shape index (κ3) is 5.76. The Morgan fingerprint density at radius 3 is 2.67 bits per heavy atom. The number of aliphatic hydroxyl groups excluding tert-OH is 1. The third-order valence-electron chi connectivity index (χ3n) is 3.54. The Hall–Kier alpha value is -1.67. The lowest BCUT2D eigenvalue weighted by molar-refractivity contribution is 0.275. The summed E-state index contributed by atoms with van der Waals surface area (Å²) in [5, 5.41) is 12.1. The van der Waals surface area contributed by atoms with Gasteiger partial charge in [-0.25, -0.2) is 9.38 Å². The zero-order chi connectivity index (χ0) is 16.8. The third-order valence-corrected chi connectivity index (χ3v) is 3.54. The Kier molecular flexibility index (Phi) is 8.14. The van der Waals surface area contributed by atoms with Crippen molar-refractivity contribution in [1.29, 1.82) is 0 Å². The van der Waals surface area contributed by atoms with Crippen LogP contribution in [0.2, 0.25) is 0 Å². The summed E-state index contributed by atoms with van der Waals surface area (Å²) in [5.41, 5.74) is 9.04. The molecule has 0 radical (unpaired) electrons. The number of nitrogens with zero attached hydrogens (tertiary/aromatic N) is 1. The fourth-order valence-electron chi connectivity index (χ4n) is 2.19. The van der Waals surface area contributed by atoms with Gasteiger partial charge in [0.25, 0.3) is 0 Å². The Morgan fingerprint density at radius 1 is 1.25 bits per heavy atom. The number of nitrogens with one attached hydrogen (secondary N) is 1. The Labute approximate surface area is 159 Å². The van der Waals surface area contributed by atoms with Crippen LogP contribution < -0.4 is 11.1 Å². The van der Waals surface area contributed by atoms with E-state index >= 15 is 0 Å². The Morgan fingerprint density at radius 2 is 2.00 bits per heavy atom. The van der Waals surface area contributed by atoms with Crippen LogP contribution in [0.25, 0.3) is 0 Å². The summed E-state index contributed by atoms with van der Waals surface area (Å²) >= 11 is 0. The van der Waals surface area contributed by atoms with Crippen molar-refractivity contribution in [3.63, 3.8) is 0 Å². The summed E-state index contributed by atoms with van der Waals surface area (Å²) in [7, 11) is 0. The van der Waals surface area contributed by atoms with Gasteiger partial charge in [-0.2, -0.15) is 0 Å². The fourth-order valence-corrected chi connectivity index (χ4v) is 2.19. The molecule has 2 aromatic rings. The molecule has 0 atom stereocenters. The van der Waals surface area contributed by atoms with Crippen molar-refractivity contribution in [2.24, 2.45) is 10.7 Å². The van der Waals surface area contributed by atoms with E-state index in [2.05, 4.69) is 30.2 Å². The molecule has 0 heterocycles. The molecule has 0 unspecified atom stereocenters. The number of anilines is 1. The molecule has 0 bridgehead atoms. The average Bonchev–Trinajstić information content (AvgIpc) is 2.54. The zero-order valence-electron chi connectivity index (χ0n) is 13.8. The Balaban J connectivity index is 0.00000288. The van der Waals surface area contributed by atoms with Crippen molar-refractivity contribution in [3.05, 3.63) is 65.0 Å². The quantitative estimate of drug-likeness (QED) is 0.372. The molecule has 2 rings (SSSR count). The smallest absolute Gasteiger partial charge is 0.193 e. The topological polar surface area (TPSA) is 70.6 Å². The number of aliphatic hydroxyl groups is 1. The number of aliphatic imine (C=N–C) groups is 1. The molecule has 2 aromatic carbocycles. The normalized spacial score (nSPS) is 11.3. The molecule has 0 aromatic heterocycles. The van der Waals surface area contributed by atoms with Crippen LogP contribution in [0.4, 0.5) is 10.1 Å². The SMILES string of the molecule is CC(C)c1cccc(NC(N)=NCc2ccc(F)c(CO)c2)c1.I. The van der Waals surface area contributed by atoms with E-state index in [1.807, 2.05) is 18.2 Å². The number of hydrogen-bond donors (Lipinski definition) is 3. The van der Waals surface area contributed by atoms with E-state index in [0.717, 1.165) is 11.3 Å². The summed E-state index contributed by atoms with van der Waals surface area (Å²) in [4.78, 5) is 4.25. The highest BCUT2D eigenvalue weighted by atomic mass is 127.